The van der Waals surface area contributed by atoms with Gasteiger partial charge >= 0.3 is 5.97 Å². The molecule has 0 bridgehead atoms. The molecule has 122 valence electrons. The van der Waals surface area contributed by atoms with Gasteiger partial charge in [-0.2, -0.15) is 0 Å². The molecule has 0 saturated carbocycles. The third-order valence-electron chi connectivity index (χ3n) is 3.54. The summed E-state index contributed by atoms with van der Waals surface area (Å²) in [4.78, 5) is 22.6. The summed E-state index contributed by atoms with van der Waals surface area (Å²) >= 11 is 0. The van der Waals surface area contributed by atoms with Gasteiger partial charge in [0.05, 0.1) is 7.11 Å². The maximum Gasteiger partial charge on any atom is 0.322 e. The summed E-state index contributed by atoms with van der Waals surface area (Å²) in [7, 11) is 1.33. The Kier molecular flexibility index (Phi) is 6.94. The Morgan fingerprint density at radius 1 is 1.00 bits per heavy atom. The number of carbonyl (C=O) groups is 2. The second-order valence-corrected chi connectivity index (χ2v) is 5.16. The first kappa shape index (κ1) is 18.9. The first-order valence-electron chi connectivity index (χ1n) is 7.05. The summed E-state index contributed by atoms with van der Waals surface area (Å²) in [6.07, 6.45) is 0.441. The lowest BCUT2D eigenvalue weighted by Crippen LogP contribution is -2.33. The van der Waals surface area contributed by atoms with Crippen LogP contribution in [-0.4, -0.2) is 24.9 Å². The molecule has 2 rings (SSSR count). The van der Waals surface area contributed by atoms with E-state index in [1.807, 2.05) is 48.5 Å². The Hall–Kier alpha value is -2.17. The molecule has 0 radical (unpaired) electrons. The van der Waals surface area contributed by atoms with Crippen molar-refractivity contribution in [1.29, 1.82) is 0 Å². The lowest BCUT2D eigenvalue weighted by molar-refractivity contribution is -0.142. The zero-order valence-electron chi connectivity index (χ0n) is 13.1. The fraction of sp³-hybridized carbons (Fsp3) is 0.222. The van der Waals surface area contributed by atoms with Gasteiger partial charge in [-0.05, 0) is 30.0 Å². The molecule has 0 heterocycles. The highest BCUT2D eigenvalue weighted by atomic mass is 35.5. The van der Waals surface area contributed by atoms with Crippen LogP contribution in [0.3, 0.4) is 0 Å². The molecule has 2 N–H and O–H groups in total. The normalized spacial score (nSPS) is 11.3. The minimum Gasteiger partial charge on any atom is -0.468 e. The number of esters is 1. The van der Waals surface area contributed by atoms with Gasteiger partial charge < -0.3 is 10.5 Å². The number of carbonyl (C=O) groups excluding carboxylic acids is 2. The van der Waals surface area contributed by atoms with E-state index in [0.717, 1.165) is 16.7 Å². The topological polar surface area (TPSA) is 69.4 Å². The van der Waals surface area contributed by atoms with Gasteiger partial charge in [0, 0.05) is 5.56 Å². The highest BCUT2D eigenvalue weighted by Crippen LogP contribution is 2.21. The monoisotopic (exact) mass is 333 g/mol. The second kappa shape index (κ2) is 8.46. The fourth-order valence-electron chi connectivity index (χ4n) is 2.22. The molecule has 0 aliphatic heterocycles. The third-order valence-corrected chi connectivity index (χ3v) is 3.54. The van der Waals surface area contributed by atoms with Crippen molar-refractivity contribution in [2.24, 2.45) is 5.73 Å². The number of benzene rings is 2. The smallest absolute Gasteiger partial charge is 0.322 e. The molecular weight excluding hydrogens is 314 g/mol. The molecular formula is C18H20ClNO3. The number of hydrogen-bond acceptors (Lipinski definition) is 4. The molecule has 23 heavy (non-hydrogen) atoms. The molecule has 0 saturated heterocycles. The minimum atomic E-state index is -0.647. The minimum absolute atomic E-state index is 0. The van der Waals surface area contributed by atoms with Gasteiger partial charge in [-0.1, -0.05) is 48.5 Å². The van der Waals surface area contributed by atoms with E-state index in [-0.39, 0.29) is 18.2 Å². The zero-order valence-corrected chi connectivity index (χ0v) is 13.9. The molecule has 2 aromatic rings. The highest BCUT2D eigenvalue weighted by molar-refractivity contribution is 5.94. The van der Waals surface area contributed by atoms with Gasteiger partial charge in [-0.25, -0.2) is 0 Å². The van der Waals surface area contributed by atoms with Gasteiger partial charge in [-0.3, -0.25) is 9.59 Å². The van der Waals surface area contributed by atoms with Gasteiger partial charge in [0.2, 0.25) is 0 Å². The van der Waals surface area contributed by atoms with E-state index in [1.165, 1.54) is 7.11 Å². The molecule has 0 spiro atoms. The summed E-state index contributed by atoms with van der Waals surface area (Å²) < 4.78 is 4.62. The van der Waals surface area contributed by atoms with Crippen molar-refractivity contribution in [2.45, 2.75) is 19.4 Å². The van der Waals surface area contributed by atoms with Gasteiger partial charge in [-0.15, -0.1) is 12.4 Å². The van der Waals surface area contributed by atoms with Gasteiger partial charge in [0.25, 0.3) is 0 Å². The zero-order chi connectivity index (χ0) is 16.1. The van der Waals surface area contributed by atoms with E-state index >= 15 is 0 Å². The Bertz CT molecular complexity index is 666. The molecule has 1 atom stereocenters. The van der Waals surface area contributed by atoms with Crippen LogP contribution < -0.4 is 5.73 Å². The van der Waals surface area contributed by atoms with Crippen LogP contribution in [0.4, 0.5) is 0 Å². The number of halogens is 1. The van der Waals surface area contributed by atoms with Crippen LogP contribution in [0, 0.1) is 0 Å². The van der Waals surface area contributed by atoms with E-state index in [0.29, 0.717) is 12.0 Å². The number of rotatable bonds is 5. The van der Waals surface area contributed by atoms with E-state index < -0.39 is 12.0 Å². The molecule has 0 fully saturated rings. The van der Waals surface area contributed by atoms with E-state index in [9.17, 15) is 9.59 Å². The SMILES string of the molecule is COC(=O)C(N)Cc1ccc(-c2ccc(C(C)=O)cc2)cc1.Cl. The molecule has 4 nitrogen and oxygen atoms in total. The number of nitrogens with two attached hydrogens (primary N) is 1. The Morgan fingerprint density at radius 3 is 1.91 bits per heavy atom. The Morgan fingerprint density at radius 2 is 1.48 bits per heavy atom. The fourth-order valence-corrected chi connectivity index (χ4v) is 2.22. The summed E-state index contributed by atoms with van der Waals surface area (Å²) in [6.45, 7) is 1.55. The summed E-state index contributed by atoms with van der Waals surface area (Å²) in [5, 5.41) is 0. The molecule has 1 unspecified atom stereocenters. The van der Waals surface area contributed by atoms with Crippen LogP contribution in [-0.2, 0) is 16.0 Å². The van der Waals surface area contributed by atoms with Gasteiger partial charge in [0.1, 0.15) is 6.04 Å². The van der Waals surface area contributed by atoms with Crippen LogP contribution >= 0.6 is 12.4 Å². The first-order chi connectivity index (χ1) is 10.5. The highest BCUT2D eigenvalue weighted by Gasteiger charge is 2.14. The van der Waals surface area contributed by atoms with Crippen LogP contribution in [0.1, 0.15) is 22.8 Å². The van der Waals surface area contributed by atoms with Crippen molar-refractivity contribution in [1.82, 2.24) is 0 Å². The summed E-state index contributed by atoms with van der Waals surface area (Å²) in [5.41, 5.74) is 9.50. The summed E-state index contributed by atoms with van der Waals surface area (Å²) in [6, 6.07) is 14.7. The van der Waals surface area contributed by atoms with Crippen LogP contribution in [0.2, 0.25) is 0 Å². The molecule has 5 heteroatoms. The summed E-state index contributed by atoms with van der Waals surface area (Å²) in [5.74, 6) is -0.359. The van der Waals surface area contributed by atoms with E-state index in [2.05, 4.69) is 4.74 Å². The Balaban J connectivity index is 0.00000264. The number of ketones is 1. The largest absolute Gasteiger partial charge is 0.468 e. The van der Waals surface area contributed by atoms with Crippen molar-refractivity contribution in [3.63, 3.8) is 0 Å². The third kappa shape index (κ3) is 4.91. The van der Waals surface area contributed by atoms with Crippen molar-refractivity contribution >= 4 is 24.2 Å². The standard InChI is InChI=1S/C18H19NO3.ClH/c1-12(20)14-7-9-16(10-8-14)15-5-3-13(4-6-15)11-17(19)18(21)22-2;/h3-10,17H,11,19H2,1-2H3;1H. The molecule has 2 aromatic carbocycles. The number of Topliss-reactive ketones (excluding diaryl/α,β-unsaturated/α-hetero) is 1. The van der Waals surface area contributed by atoms with E-state index in [1.54, 1.807) is 6.92 Å². The Labute approximate surface area is 142 Å². The van der Waals surface area contributed by atoms with Crippen LogP contribution in [0.15, 0.2) is 48.5 Å². The van der Waals surface area contributed by atoms with E-state index in [4.69, 9.17) is 5.73 Å². The van der Waals surface area contributed by atoms with Crippen LogP contribution in [0.25, 0.3) is 11.1 Å². The average Bonchev–Trinajstić information content (AvgIpc) is 2.54. The molecule has 0 aliphatic carbocycles. The number of hydrogen-bond donors (Lipinski definition) is 1. The van der Waals surface area contributed by atoms with Crippen molar-refractivity contribution in [3.8, 4) is 11.1 Å². The maximum absolute atomic E-state index is 11.3. The lowest BCUT2D eigenvalue weighted by Gasteiger charge is -2.10. The first-order valence-corrected chi connectivity index (χ1v) is 7.05. The molecule has 0 aliphatic rings. The average molecular weight is 334 g/mol. The quantitative estimate of drug-likeness (QED) is 0.674. The maximum atomic E-state index is 11.3. The number of methoxy groups -OCH3 is 1. The van der Waals surface area contributed by atoms with Crippen molar-refractivity contribution in [2.75, 3.05) is 7.11 Å². The van der Waals surface area contributed by atoms with Crippen LogP contribution in [0.5, 0.6) is 0 Å². The molecule has 0 amide bonds. The van der Waals surface area contributed by atoms with Gasteiger partial charge in [0.15, 0.2) is 5.78 Å². The predicted molar refractivity (Wildman–Crippen MR) is 92.8 cm³/mol. The molecule has 0 aromatic heterocycles. The number of ether oxygens (including phenoxy) is 1. The lowest BCUT2D eigenvalue weighted by atomic mass is 9.99. The van der Waals surface area contributed by atoms with Crippen molar-refractivity contribution < 1.29 is 14.3 Å². The predicted octanol–water partition coefficient (Wildman–Crippen LogP) is 3.02. The second-order valence-electron chi connectivity index (χ2n) is 5.16. The van der Waals surface area contributed by atoms with Crippen molar-refractivity contribution in [3.05, 3.63) is 59.7 Å².